The Balaban J connectivity index is 1.08. The monoisotopic (exact) mass is 744 g/mol. The van der Waals surface area contributed by atoms with Crippen molar-refractivity contribution in [3.8, 4) is 56.2 Å². The molecular formula is C53H32N2OS. The van der Waals surface area contributed by atoms with Gasteiger partial charge in [-0.1, -0.05) is 176 Å². The van der Waals surface area contributed by atoms with Crippen molar-refractivity contribution in [3.63, 3.8) is 0 Å². The summed E-state index contributed by atoms with van der Waals surface area (Å²) in [4.78, 5) is 13.2. The third-order valence-electron chi connectivity index (χ3n) is 11.8. The van der Waals surface area contributed by atoms with Crippen LogP contribution in [0, 0.1) is 0 Å². The number of hydrogen-bond acceptors (Lipinski definition) is 4. The number of para-hydroxylation sites is 1. The van der Waals surface area contributed by atoms with E-state index < -0.39 is 5.41 Å². The minimum absolute atomic E-state index is 0.457. The number of hydrogen-bond donors (Lipinski definition) is 0. The Morgan fingerprint density at radius 3 is 1.75 bits per heavy atom. The molecule has 4 heteroatoms. The van der Waals surface area contributed by atoms with Gasteiger partial charge < -0.3 is 4.42 Å². The predicted octanol–water partition coefficient (Wildman–Crippen LogP) is 13.9. The van der Waals surface area contributed by atoms with Crippen molar-refractivity contribution < 1.29 is 4.42 Å². The Kier molecular flexibility index (Phi) is 7.08. The van der Waals surface area contributed by atoms with Crippen molar-refractivity contribution in [1.82, 2.24) is 9.97 Å². The highest BCUT2D eigenvalue weighted by Gasteiger charge is 2.50. The van der Waals surface area contributed by atoms with Gasteiger partial charge in [0.2, 0.25) is 0 Å². The molecule has 3 heterocycles. The molecule has 8 aromatic carbocycles. The van der Waals surface area contributed by atoms with Gasteiger partial charge >= 0.3 is 0 Å². The normalized spacial score (nSPS) is 13.3. The molecule has 1 spiro atoms. The van der Waals surface area contributed by atoms with Crippen LogP contribution in [0.5, 0.6) is 0 Å². The van der Waals surface area contributed by atoms with E-state index in [4.69, 9.17) is 14.4 Å². The first-order valence-corrected chi connectivity index (χ1v) is 20.1. The van der Waals surface area contributed by atoms with E-state index in [1.807, 2.05) is 30.0 Å². The van der Waals surface area contributed by atoms with Gasteiger partial charge in [0.05, 0.1) is 16.8 Å². The van der Waals surface area contributed by atoms with Crippen molar-refractivity contribution in [2.45, 2.75) is 15.2 Å². The summed E-state index contributed by atoms with van der Waals surface area (Å²) < 4.78 is 6.34. The highest BCUT2D eigenvalue weighted by Crippen LogP contribution is 2.63. The molecule has 0 saturated carbocycles. The Bertz CT molecular complexity index is 3190. The van der Waals surface area contributed by atoms with Gasteiger partial charge in [-0.15, -0.1) is 0 Å². The summed E-state index contributed by atoms with van der Waals surface area (Å²) in [6.45, 7) is 0. The second-order valence-corrected chi connectivity index (χ2v) is 15.9. The number of rotatable bonds is 4. The van der Waals surface area contributed by atoms with Crippen LogP contribution in [0.1, 0.15) is 22.3 Å². The molecule has 0 amide bonds. The van der Waals surface area contributed by atoms with Crippen LogP contribution in [0.2, 0.25) is 0 Å². The average molecular weight is 745 g/mol. The lowest BCUT2D eigenvalue weighted by Crippen LogP contribution is -2.32. The quantitative estimate of drug-likeness (QED) is 0.180. The van der Waals surface area contributed by atoms with Gasteiger partial charge in [0.25, 0.3) is 0 Å². The zero-order chi connectivity index (χ0) is 37.5. The summed E-state index contributed by atoms with van der Waals surface area (Å²) in [6.07, 6.45) is 0. The molecular weight excluding hydrogens is 713 g/mol. The lowest BCUT2D eigenvalue weighted by atomic mass is 9.67. The zero-order valence-electron chi connectivity index (χ0n) is 30.7. The Hall–Kier alpha value is -7.01. The summed E-state index contributed by atoms with van der Waals surface area (Å²) in [5, 5.41) is 2.20. The summed E-state index contributed by atoms with van der Waals surface area (Å²) in [7, 11) is 0. The van der Waals surface area contributed by atoms with Gasteiger partial charge in [-0.05, 0) is 74.8 Å². The third-order valence-corrected chi connectivity index (χ3v) is 13.0. The van der Waals surface area contributed by atoms with Crippen LogP contribution < -0.4 is 0 Å². The molecule has 266 valence electrons. The molecule has 0 fully saturated rings. The summed E-state index contributed by atoms with van der Waals surface area (Å²) in [5.41, 5.74) is 16.1. The lowest BCUT2D eigenvalue weighted by Gasteiger charge is -2.40. The second-order valence-electron chi connectivity index (χ2n) is 14.8. The molecule has 12 rings (SSSR count). The minimum Gasteiger partial charge on any atom is -0.456 e. The van der Waals surface area contributed by atoms with Crippen LogP contribution in [0.15, 0.2) is 208 Å². The molecule has 57 heavy (non-hydrogen) atoms. The maximum Gasteiger partial charge on any atom is 0.161 e. The fourth-order valence-electron chi connectivity index (χ4n) is 9.36. The van der Waals surface area contributed by atoms with Crippen LogP contribution in [0.4, 0.5) is 0 Å². The van der Waals surface area contributed by atoms with E-state index in [0.29, 0.717) is 5.82 Å². The molecule has 0 saturated heterocycles. The maximum atomic E-state index is 6.34. The van der Waals surface area contributed by atoms with Crippen LogP contribution in [-0.4, -0.2) is 9.97 Å². The molecule has 0 radical (unpaired) electrons. The van der Waals surface area contributed by atoms with Gasteiger partial charge in [0.1, 0.15) is 11.2 Å². The summed E-state index contributed by atoms with van der Waals surface area (Å²) in [5.74, 6) is 0.678. The Morgan fingerprint density at radius 2 is 0.965 bits per heavy atom. The number of nitrogens with zero attached hydrogens (tertiary/aromatic N) is 2. The predicted molar refractivity (Wildman–Crippen MR) is 232 cm³/mol. The summed E-state index contributed by atoms with van der Waals surface area (Å²) in [6, 6.07) is 69.5. The Morgan fingerprint density at radius 1 is 0.386 bits per heavy atom. The van der Waals surface area contributed by atoms with E-state index in [2.05, 4.69) is 176 Å². The van der Waals surface area contributed by atoms with Gasteiger partial charge in [0, 0.05) is 37.3 Å². The lowest BCUT2D eigenvalue weighted by molar-refractivity contribution is 0.669. The largest absolute Gasteiger partial charge is 0.456 e. The average Bonchev–Trinajstić information content (AvgIpc) is 3.80. The first-order chi connectivity index (χ1) is 28.3. The molecule has 0 atom stereocenters. The van der Waals surface area contributed by atoms with Crippen molar-refractivity contribution in [2.24, 2.45) is 0 Å². The molecule has 10 aromatic rings. The van der Waals surface area contributed by atoms with E-state index in [1.54, 1.807) is 0 Å². The fourth-order valence-corrected chi connectivity index (χ4v) is 10.7. The number of aromatic nitrogens is 2. The highest BCUT2D eigenvalue weighted by atomic mass is 32.2. The van der Waals surface area contributed by atoms with E-state index in [1.165, 1.54) is 48.7 Å². The van der Waals surface area contributed by atoms with Crippen LogP contribution >= 0.6 is 11.8 Å². The molecule has 3 nitrogen and oxygen atoms in total. The molecule has 1 aliphatic carbocycles. The molecule has 0 unspecified atom stereocenters. The van der Waals surface area contributed by atoms with Crippen molar-refractivity contribution >= 4 is 33.7 Å². The Labute approximate surface area is 334 Å². The number of benzene rings is 8. The standard InChI is InChI=1S/C53H32N2OS/c1-2-15-33(16-3-1)46-32-47(34-29-30-39-38-20-8-12-27-48(38)56-49(39)31-34)55-52(54-46)41-21-5-4-17-35(41)40-22-14-26-45-51(40)57-50-28-13-11-25-44(50)53(45)42-23-9-6-18-36(42)37-19-7-10-24-43(37)53/h1-32H. The second kappa shape index (κ2) is 12.5. The number of fused-ring (bicyclic) bond motifs is 12. The van der Waals surface area contributed by atoms with Gasteiger partial charge in [-0.25, -0.2) is 9.97 Å². The molecule has 0 bridgehead atoms. The first kappa shape index (κ1) is 32.3. The maximum absolute atomic E-state index is 6.34. The van der Waals surface area contributed by atoms with Crippen LogP contribution in [0.3, 0.4) is 0 Å². The molecule has 2 aromatic heterocycles. The molecule has 1 aliphatic heterocycles. The molecule has 0 N–H and O–H groups in total. The van der Waals surface area contributed by atoms with E-state index in [0.717, 1.165) is 55.6 Å². The third kappa shape index (κ3) is 4.74. The van der Waals surface area contributed by atoms with Crippen molar-refractivity contribution in [1.29, 1.82) is 0 Å². The fraction of sp³-hybridized carbons (Fsp3) is 0.0189. The first-order valence-electron chi connectivity index (χ1n) is 19.3. The van der Waals surface area contributed by atoms with Crippen LogP contribution in [0.25, 0.3) is 78.1 Å². The smallest absolute Gasteiger partial charge is 0.161 e. The van der Waals surface area contributed by atoms with E-state index in [9.17, 15) is 0 Å². The SMILES string of the molecule is c1ccc(-c2cc(-c3ccc4c(c3)oc3ccccc34)nc(-c3ccccc3-c3cccc4c3Sc3ccccc3C43c4ccccc4-c4ccccc43)n2)cc1. The minimum atomic E-state index is -0.457. The summed E-state index contributed by atoms with van der Waals surface area (Å²) >= 11 is 1.87. The van der Waals surface area contributed by atoms with Crippen LogP contribution in [-0.2, 0) is 5.41 Å². The highest BCUT2D eigenvalue weighted by molar-refractivity contribution is 7.99. The number of furan rings is 1. The van der Waals surface area contributed by atoms with Crippen molar-refractivity contribution in [3.05, 3.63) is 216 Å². The molecule has 2 aliphatic rings. The van der Waals surface area contributed by atoms with Gasteiger partial charge in [-0.3, -0.25) is 0 Å². The topological polar surface area (TPSA) is 38.9 Å². The zero-order valence-corrected chi connectivity index (χ0v) is 31.5. The van der Waals surface area contributed by atoms with Gasteiger partial charge in [-0.2, -0.15) is 0 Å². The van der Waals surface area contributed by atoms with Gasteiger partial charge in [0.15, 0.2) is 5.82 Å². The van der Waals surface area contributed by atoms with E-state index in [-0.39, 0.29) is 0 Å². The van der Waals surface area contributed by atoms with E-state index >= 15 is 0 Å². The van der Waals surface area contributed by atoms with Crippen molar-refractivity contribution in [2.75, 3.05) is 0 Å².